The minimum Gasteiger partial charge on any atom is -0.351 e. The van der Waals surface area contributed by atoms with Gasteiger partial charge in [0.2, 0.25) is 5.91 Å². The fraction of sp³-hybridized carbons (Fsp3) is 0.900. The molecule has 2 unspecified atom stereocenters. The molecule has 2 saturated heterocycles. The summed E-state index contributed by atoms with van der Waals surface area (Å²) in [6.45, 7) is 2.39. The fourth-order valence-corrected chi connectivity index (χ4v) is 3.96. The summed E-state index contributed by atoms with van der Waals surface area (Å²) in [5.41, 5.74) is 0. The smallest absolute Gasteiger partial charge is 0.238 e. The van der Waals surface area contributed by atoms with Crippen molar-refractivity contribution in [3.8, 4) is 0 Å². The molecule has 2 heterocycles. The molecule has 0 aliphatic carbocycles. The SMILES string of the molecule is CN1CCNC(C(=O)NC2CCS(=O)(=O)C2)C1. The molecule has 17 heavy (non-hydrogen) atoms. The number of hydrogen-bond donors (Lipinski definition) is 2. The maximum absolute atomic E-state index is 11.9. The average molecular weight is 261 g/mol. The maximum atomic E-state index is 11.9. The number of rotatable bonds is 2. The van der Waals surface area contributed by atoms with Gasteiger partial charge in [0.15, 0.2) is 9.84 Å². The number of hydrogen-bond acceptors (Lipinski definition) is 5. The van der Waals surface area contributed by atoms with Gasteiger partial charge in [0.05, 0.1) is 17.5 Å². The standard InChI is InChI=1S/C10H19N3O3S/c1-13-4-3-11-9(6-13)10(14)12-8-2-5-17(15,16)7-8/h8-9,11H,2-7H2,1H3,(H,12,14). The molecule has 0 radical (unpaired) electrons. The number of carbonyl (C=O) groups excluding carboxylic acids is 1. The number of likely N-dealkylation sites (N-methyl/N-ethyl adjacent to an activating group) is 1. The zero-order chi connectivity index (χ0) is 12.5. The zero-order valence-corrected chi connectivity index (χ0v) is 10.8. The fourth-order valence-electron chi connectivity index (χ4n) is 2.28. The highest BCUT2D eigenvalue weighted by atomic mass is 32.2. The van der Waals surface area contributed by atoms with E-state index in [2.05, 4.69) is 15.5 Å². The van der Waals surface area contributed by atoms with Crippen molar-refractivity contribution < 1.29 is 13.2 Å². The molecule has 0 bridgehead atoms. The van der Waals surface area contributed by atoms with Crippen molar-refractivity contribution in [1.29, 1.82) is 0 Å². The van der Waals surface area contributed by atoms with Gasteiger partial charge in [-0.25, -0.2) is 8.42 Å². The quantitative estimate of drug-likeness (QED) is 0.613. The minimum absolute atomic E-state index is 0.0846. The van der Waals surface area contributed by atoms with Crippen molar-refractivity contribution in [1.82, 2.24) is 15.5 Å². The van der Waals surface area contributed by atoms with Gasteiger partial charge in [0, 0.05) is 25.7 Å². The van der Waals surface area contributed by atoms with E-state index in [0.29, 0.717) is 13.0 Å². The maximum Gasteiger partial charge on any atom is 0.238 e. The van der Waals surface area contributed by atoms with Crippen LogP contribution in [0.15, 0.2) is 0 Å². The Morgan fingerprint density at radius 1 is 1.47 bits per heavy atom. The van der Waals surface area contributed by atoms with E-state index in [-0.39, 0.29) is 29.5 Å². The van der Waals surface area contributed by atoms with Crippen LogP contribution in [0.1, 0.15) is 6.42 Å². The van der Waals surface area contributed by atoms with Crippen LogP contribution in [-0.4, -0.2) is 69.5 Å². The van der Waals surface area contributed by atoms with Gasteiger partial charge in [0.1, 0.15) is 0 Å². The topological polar surface area (TPSA) is 78.5 Å². The van der Waals surface area contributed by atoms with E-state index in [4.69, 9.17) is 0 Å². The molecular weight excluding hydrogens is 242 g/mol. The molecule has 2 N–H and O–H groups in total. The highest BCUT2D eigenvalue weighted by Crippen LogP contribution is 2.11. The van der Waals surface area contributed by atoms with Gasteiger partial charge in [-0.3, -0.25) is 4.79 Å². The Labute approximate surface area is 102 Å². The third-order valence-corrected chi connectivity index (χ3v) is 5.04. The van der Waals surface area contributed by atoms with Crippen molar-refractivity contribution >= 4 is 15.7 Å². The predicted molar refractivity (Wildman–Crippen MR) is 64.5 cm³/mol. The molecule has 1 amide bonds. The summed E-state index contributed by atoms with van der Waals surface area (Å²) in [7, 11) is -0.955. The Morgan fingerprint density at radius 2 is 2.24 bits per heavy atom. The molecule has 2 rings (SSSR count). The molecule has 0 aromatic rings. The summed E-state index contributed by atoms with van der Waals surface area (Å²) in [5, 5.41) is 5.96. The molecule has 98 valence electrons. The van der Waals surface area contributed by atoms with Crippen LogP contribution in [0, 0.1) is 0 Å². The Bertz CT molecular complexity index is 396. The van der Waals surface area contributed by atoms with Gasteiger partial charge in [-0.2, -0.15) is 0 Å². The number of piperazine rings is 1. The summed E-state index contributed by atoms with van der Waals surface area (Å²) in [6, 6.07) is -0.432. The van der Waals surface area contributed by atoms with Crippen LogP contribution in [0.5, 0.6) is 0 Å². The summed E-state index contributed by atoms with van der Waals surface area (Å²) < 4.78 is 22.6. The number of nitrogens with one attached hydrogen (secondary N) is 2. The molecule has 7 heteroatoms. The van der Waals surface area contributed by atoms with Crippen LogP contribution in [0.3, 0.4) is 0 Å². The third-order valence-electron chi connectivity index (χ3n) is 3.27. The lowest BCUT2D eigenvalue weighted by molar-refractivity contribution is -0.124. The molecule has 0 aromatic heterocycles. The van der Waals surface area contributed by atoms with E-state index < -0.39 is 9.84 Å². The summed E-state index contributed by atoms with van der Waals surface area (Å²) in [6.07, 6.45) is 0.538. The van der Waals surface area contributed by atoms with Gasteiger partial charge < -0.3 is 15.5 Å². The van der Waals surface area contributed by atoms with Gasteiger partial charge >= 0.3 is 0 Å². The van der Waals surface area contributed by atoms with Crippen LogP contribution < -0.4 is 10.6 Å². The first kappa shape index (κ1) is 12.8. The summed E-state index contributed by atoms with van der Waals surface area (Å²) in [4.78, 5) is 14.0. The molecule has 0 spiro atoms. The lowest BCUT2D eigenvalue weighted by Crippen LogP contribution is -2.57. The predicted octanol–water partition coefficient (Wildman–Crippen LogP) is -1.81. The number of sulfone groups is 1. The highest BCUT2D eigenvalue weighted by molar-refractivity contribution is 7.91. The van der Waals surface area contributed by atoms with E-state index in [0.717, 1.165) is 13.1 Å². The van der Waals surface area contributed by atoms with Crippen molar-refractivity contribution in [2.75, 3.05) is 38.2 Å². The Kier molecular flexibility index (Phi) is 3.70. The second-order valence-corrected chi connectivity index (χ2v) is 7.11. The van der Waals surface area contributed by atoms with E-state index in [1.165, 1.54) is 0 Å². The van der Waals surface area contributed by atoms with Crippen LogP contribution in [-0.2, 0) is 14.6 Å². The van der Waals surface area contributed by atoms with E-state index >= 15 is 0 Å². The van der Waals surface area contributed by atoms with Crippen molar-refractivity contribution in [3.05, 3.63) is 0 Å². The summed E-state index contributed by atoms with van der Waals surface area (Å²) in [5.74, 6) is 0.190. The van der Waals surface area contributed by atoms with Gasteiger partial charge in [-0.1, -0.05) is 0 Å². The Morgan fingerprint density at radius 3 is 2.82 bits per heavy atom. The normalized spacial score (nSPS) is 33.5. The second kappa shape index (κ2) is 4.91. The van der Waals surface area contributed by atoms with Gasteiger partial charge in [-0.05, 0) is 13.5 Å². The van der Waals surface area contributed by atoms with Gasteiger partial charge in [0.25, 0.3) is 0 Å². The molecular formula is C10H19N3O3S. The first-order valence-electron chi connectivity index (χ1n) is 5.89. The zero-order valence-electron chi connectivity index (χ0n) is 9.98. The van der Waals surface area contributed by atoms with E-state index in [1.807, 2.05) is 7.05 Å². The molecule has 2 atom stereocenters. The molecule has 0 saturated carbocycles. The first-order valence-corrected chi connectivity index (χ1v) is 7.71. The second-order valence-electron chi connectivity index (χ2n) is 4.88. The average Bonchev–Trinajstić information content (AvgIpc) is 2.58. The molecule has 2 fully saturated rings. The lowest BCUT2D eigenvalue weighted by Gasteiger charge is -2.30. The number of carbonyl (C=O) groups is 1. The summed E-state index contributed by atoms with van der Waals surface area (Å²) >= 11 is 0. The van der Waals surface area contributed by atoms with Crippen molar-refractivity contribution in [2.24, 2.45) is 0 Å². The monoisotopic (exact) mass is 261 g/mol. The number of nitrogens with zero attached hydrogens (tertiary/aromatic N) is 1. The Balaban J connectivity index is 1.85. The Hall–Kier alpha value is -0.660. The van der Waals surface area contributed by atoms with Crippen molar-refractivity contribution in [3.63, 3.8) is 0 Å². The molecule has 6 nitrogen and oxygen atoms in total. The van der Waals surface area contributed by atoms with Crippen molar-refractivity contribution in [2.45, 2.75) is 18.5 Å². The molecule has 0 aromatic carbocycles. The molecule has 2 aliphatic heterocycles. The molecule has 2 aliphatic rings. The van der Waals surface area contributed by atoms with E-state index in [1.54, 1.807) is 0 Å². The van der Waals surface area contributed by atoms with Gasteiger partial charge in [-0.15, -0.1) is 0 Å². The van der Waals surface area contributed by atoms with Crippen LogP contribution in [0.4, 0.5) is 0 Å². The lowest BCUT2D eigenvalue weighted by atomic mass is 10.2. The van der Waals surface area contributed by atoms with Crippen LogP contribution >= 0.6 is 0 Å². The van der Waals surface area contributed by atoms with E-state index in [9.17, 15) is 13.2 Å². The minimum atomic E-state index is -2.93. The number of amides is 1. The van der Waals surface area contributed by atoms with Crippen LogP contribution in [0.25, 0.3) is 0 Å². The highest BCUT2D eigenvalue weighted by Gasteiger charge is 2.31. The first-order chi connectivity index (χ1) is 7.96. The van der Waals surface area contributed by atoms with Crippen LogP contribution in [0.2, 0.25) is 0 Å². The largest absolute Gasteiger partial charge is 0.351 e. The third kappa shape index (κ3) is 3.40.